The van der Waals surface area contributed by atoms with Crippen molar-refractivity contribution in [2.24, 2.45) is 0 Å². The number of nitrogens with zero attached hydrogens (tertiary/aromatic N) is 1. The lowest BCUT2D eigenvalue weighted by atomic mass is 10.2. The Balaban J connectivity index is 3.13. The van der Waals surface area contributed by atoms with Crippen molar-refractivity contribution in [3.8, 4) is 0 Å². The zero-order chi connectivity index (χ0) is 9.14. The van der Waals surface area contributed by atoms with Crippen LogP contribution in [0.1, 0.15) is 5.56 Å². The fourth-order valence-electron chi connectivity index (χ4n) is 0.796. The molecule has 0 heterocycles. The van der Waals surface area contributed by atoms with Crippen molar-refractivity contribution >= 4 is 28.3 Å². The van der Waals surface area contributed by atoms with E-state index in [1.165, 1.54) is 12.1 Å². The molecule has 0 aliphatic heterocycles. The number of aliphatic hydroxyl groups excluding tert-OH is 1. The zero-order valence-corrected chi connectivity index (χ0v) is 8.19. The van der Waals surface area contributed by atoms with Crippen LogP contribution in [0.15, 0.2) is 18.2 Å². The standard InChI is InChI=1S/C7H6INO3/c8-7-2-1-6(9(11)12)3-5(7)4-10/h1-3,10H,4H2. The van der Waals surface area contributed by atoms with E-state index in [0.717, 1.165) is 3.57 Å². The second kappa shape index (κ2) is 3.81. The number of benzene rings is 1. The molecule has 0 amide bonds. The second-order valence-corrected chi connectivity index (χ2v) is 3.35. The van der Waals surface area contributed by atoms with Crippen molar-refractivity contribution in [3.63, 3.8) is 0 Å². The summed E-state index contributed by atoms with van der Waals surface area (Å²) in [5.74, 6) is 0. The Hall–Kier alpha value is -0.690. The van der Waals surface area contributed by atoms with Gasteiger partial charge in [-0.1, -0.05) is 0 Å². The van der Waals surface area contributed by atoms with E-state index in [1.54, 1.807) is 6.07 Å². The van der Waals surface area contributed by atoms with Gasteiger partial charge in [-0.05, 0) is 34.2 Å². The molecule has 1 aromatic carbocycles. The van der Waals surface area contributed by atoms with Gasteiger partial charge in [0.2, 0.25) is 0 Å². The third kappa shape index (κ3) is 1.92. The number of halogens is 1. The summed E-state index contributed by atoms with van der Waals surface area (Å²) in [4.78, 5) is 9.82. The summed E-state index contributed by atoms with van der Waals surface area (Å²) in [5.41, 5.74) is 0.601. The highest BCUT2D eigenvalue weighted by atomic mass is 127. The van der Waals surface area contributed by atoms with Crippen LogP contribution in [0.5, 0.6) is 0 Å². The van der Waals surface area contributed by atoms with Crippen LogP contribution in [0.25, 0.3) is 0 Å². The average molecular weight is 279 g/mol. The Labute approximate surface area is 82.5 Å². The van der Waals surface area contributed by atoms with Crippen LogP contribution in [0.2, 0.25) is 0 Å². The van der Waals surface area contributed by atoms with Gasteiger partial charge in [0.1, 0.15) is 0 Å². The molecule has 0 radical (unpaired) electrons. The van der Waals surface area contributed by atoms with E-state index in [2.05, 4.69) is 0 Å². The van der Waals surface area contributed by atoms with E-state index in [1.807, 2.05) is 22.6 Å². The molecule has 0 spiro atoms. The zero-order valence-electron chi connectivity index (χ0n) is 6.03. The molecule has 0 saturated carbocycles. The molecule has 12 heavy (non-hydrogen) atoms. The summed E-state index contributed by atoms with van der Waals surface area (Å²) in [6.45, 7) is -0.167. The highest BCUT2D eigenvalue weighted by molar-refractivity contribution is 14.1. The lowest BCUT2D eigenvalue weighted by Crippen LogP contribution is -1.92. The number of rotatable bonds is 2. The maximum absolute atomic E-state index is 10.3. The topological polar surface area (TPSA) is 63.4 Å². The van der Waals surface area contributed by atoms with Crippen LogP contribution in [0, 0.1) is 13.7 Å². The molecule has 0 fully saturated rings. The first-order chi connectivity index (χ1) is 5.65. The lowest BCUT2D eigenvalue weighted by molar-refractivity contribution is -0.385. The summed E-state index contributed by atoms with van der Waals surface area (Å²) < 4.78 is 0.834. The van der Waals surface area contributed by atoms with Gasteiger partial charge in [0.15, 0.2) is 0 Å². The normalized spacial score (nSPS) is 9.83. The predicted octanol–water partition coefficient (Wildman–Crippen LogP) is 1.69. The second-order valence-electron chi connectivity index (χ2n) is 2.19. The first-order valence-electron chi connectivity index (χ1n) is 3.19. The fraction of sp³-hybridized carbons (Fsp3) is 0.143. The van der Waals surface area contributed by atoms with Gasteiger partial charge in [0.25, 0.3) is 5.69 Å². The van der Waals surface area contributed by atoms with Gasteiger partial charge in [0, 0.05) is 15.7 Å². The van der Waals surface area contributed by atoms with Gasteiger partial charge < -0.3 is 5.11 Å². The summed E-state index contributed by atoms with van der Waals surface area (Å²) in [6.07, 6.45) is 0. The Morgan fingerprint density at radius 2 is 2.25 bits per heavy atom. The van der Waals surface area contributed by atoms with Crippen LogP contribution in [0.3, 0.4) is 0 Å². The summed E-state index contributed by atoms with van der Waals surface area (Å²) in [5, 5.41) is 19.1. The van der Waals surface area contributed by atoms with Crippen molar-refractivity contribution in [2.45, 2.75) is 6.61 Å². The quantitative estimate of drug-likeness (QED) is 0.509. The van der Waals surface area contributed by atoms with E-state index in [4.69, 9.17) is 5.11 Å². The van der Waals surface area contributed by atoms with Crippen LogP contribution < -0.4 is 0 Å². The smallest absolute Gasteiger partial charge is 0.269 e. The summed E-state index contributed by atoms with van der Waals surface area (Å²) in [7, 11) is 0. The van der Waals surface area contributed by atoms with E-state index >= 15 is 0 Å². The number of nitro benzene ring substituents is 1. The molecule has 0 atom stereocenters. The Morgan fingerprint density at radius 1 is 1.58 bits per heavy atom. The SMILES string of the molecule is O=[N+]([O-])c1ccc(I)c(CO)c1. The van der Waals surface area contributed by atoms with Crippen molar-refractivity contribution in [1.29, 1.82) is 0 Å². The molecule has 1 aromatic rings. The molecule has 1 N–H and O–H groups in total. The summed E-state index contributed by atoms with van der Waals surface area (Å²) in [6, 6.07) is 4.41. The van der Waals surface area contributed by atoms with E-state index in [9.17, 15) is 10.1 Å². The van der Waals surface area contributed by atoms with Crippen LogP contribution >= 0.6 is 22.6 Å². The predicted molar refractivity (Wildman–Crippen MR) is 51.7 cm³/mol. The Kier molecular flexibility index (Phi) is 2.99. The van der Waals surface area contributed by atoms with E-state index in [0.29, 0.717) is 5.56 Å². The third-order valence-electron chi connectivity index (χ3n) is 1.41. The molecule has 5 heteroatoms. The lowest BCUT2D eigenvalue weighted by Gasteiger charge is -1.98. The van der Waals surface area contributed by atoms with Crippen LogP contribution in [-0.2, 0) is 6.61 Å². The van der Waals surface area contributed by atoms with Crippen LogP contribution in [-0.4, -0.2) is 10.0 Å². The van der Waals surface area contributed by atoms with Gasteiger partial charge in [0.05, 0.1) is 11.5 Å². The van der Waals surface area contributed by atoms with Crippen LogP contribution in [0.4, 0.5) is 5.69 Å². The molecular formula is C7H6INO3. The molecule has 0 aliphatic carbocycles. The fourth-order valence-corrected chi connectivity index (χ4v) is 1.30. The number of hydrogen-bond donors (Lipinski definition) is 1. The monoisotopic (exact) mass is 279 g/mol. The minimum atomic E-state index is -0.477. The Morgan fingerprint density at radius 3 is 2.75 bits per heavy atom. The van der Waals surface area contributed by atoms with Gasteiger partial charge in [-0.2, -0.15) is 0 Å². The molecule has 0 aliphatic rings. The Bertz CT molecular complexity index is 314. The van der Waals surface area contributed by atoms with Crippen molar-refractivity contribution in [2.75, 3.05) is 0 Å². The molecule has 0 saturated heterocycles. The molecule has 0 aromatic heterocycles. The number of aliphatic hydroxyl groups is 1. The first kappa shape index (κ1) is 9.40. The molecular weight excluding hydrogens is 273 g/mol. The van der Waals surface area contributed by atoms with Crippen molar-refractivity contribution in [3.05, 3.63) is 37.4 Å². The molecule has 64 valence electrons. The largest absolute Gasteiger partial charge is 0.392 e. The third-order valence-corrected chi connectivity index (χ3v) is 2.46. The highest BCUT2D eigenvalue weighted by Crippen LogP contribution is 2.19. The maximum atomic E-state index is 10.3. The molecule has 0 bridgehead atoms. The average Bonchev–Trinajstić information content (AvgIpc) is 2.05. The maximum Gasteiger partial charge on any atom is 0.269 e. The van der Waals surface area contributed by atoms with Gasteiger partial charge in [-0.15, -0.1) is 0 Å². The first-order valence-corrected chi connectivity index (χ1v) is 4.26. The number of nitro groups is 1. The van der Waals surface area contributed by atoms with Gasteiger partial charge in [-0.25, -0.2) is 0 Å². The number of non-ortho nitro benzene ring substituents is 1. The minimum Gasteiger partial charge on any atom is -0.392 e. The van der Waals surface area contributed by atoms with Gasteiger partial charge >= 0.3 is 0 Å². The molecule has 0 unspecified atom stereocenters. The number of hydrogen-bond acceptors (Lipinski definition) is 3. The van der Waals surface area contributed by atoms with Crippen molar-refractivity contribution in [1.82, 2.24) is 0 Å². The van der Waals surface area contributed by atoms with Crippen molar-refractivity contribution < 1.29 is 10.0 Å². The molecule has 4 nitrogen and oxygen atoms in total. The molecule has 1 rings (SSSR count). The summed E-state index contributed by atoms with van der Waals surface area (Å²) >= 11 is 2.02. The van der Waals surface area contributed by atoms with Gasteiger partial charge in [-0.3, -0.25) is 10.1 Å². The van der Waals surface area contributed by atoms with E-state index < -0.39 is 4.92 Å². The van der Waals surface area contributed by atoms with E-state index in [-0.39, 0.29) is 12.3 Å². The minimum absolute atomic E-state index is 0.0134. The highest BCUT2D eigenvalue weighted by Gasteiger charge is 2.07.